The van der Waals surface area contributed by atoms with Crippen molar-refractivity contribution in [1.82, 2.24) is 9.88 Å². The van der Waals surface area contributed by atoms with Gasteiger partial charge in [-0.3, -0.25) is 0 Å². The van der Waals surface area contributed by atoms with Gasteiger partial charge in [-0.25, -0.2) is 4.98 Å². The van der Waals surface area contributed by atoms with Crippen LogP contribution >= 0.6 is 11.6 Å². The third-order valence-corrected chi connectivity index (χ3v) is 3.10. The number of hydrogen-bond donors (Lipinski definition) is 0. The van der Waals surface area contributed by atoms with Crippen LogP contribution in [-0.4, -0.2) is 43.1 Å². The molecule has 1 aromatic heterocycles. The Morgan fingerprint density at radius 1 is 1.30 bits per heavy atom. The van der Waals surface area contributed by atoms with Crippen LogP contribution in [0, 0.1) is 0 Å². The average molecular weight is 310 g/mol. The molecule has 20 heavy (non-hydrogen) atoms. The van der Waals surface area contributed by atoms with Gasteiger partial charge in [-0.2, -0.15) is 13.2 Å². The van der Waals surface area contributed by atoms with Crippen LogP contribution < -0.4 is 4.90 Å². The molecule has 0 saturated carbocycles. The summed E-state index contributed by atoms with van der Waals surface area (Å²) < 4.78 is 38.4. The molecule has 0 amide bonds. The fraction of sp³-hybridized carbons (Fsp3) is 0.615. The molecule has 3 nitrogen and oxygen atoms in total. The number of nitrogens with zero attached hydrogens (tertiary/aromatic N) is 3. The maximum Gasteiger partial charge on any atom is 0.416 e. The van der Waals surface area contributed by atoms with Crippen molar-refractivity contribution in [3.63, 3.8) is 0 Å². The molecule has 1 heterocycles. The zero-order valence-corrected chi connectivity index (χ0v) is 12.8. The zero-order valence-electron chi connectivity index (χ0n) is 12.0. The summed E-state index contributed by atoms with van der Waals surface area (Å²) in [6, 6.07) is 1.92. The van der Waals surface area contributed by atoms with Gasteiger partial charge < -0.3 is 9.80 Å². The molecular formula is C13H19ClF3N3. The van der Waals surface area contributed by atoms with Crippen molar-refractivity contribution in [2.45, 2.75) is 26.1 Å². The Labute approximate surface area is 122 Å². The van der Waals surface area contributed by atoms with Gasteiger partial charge in [0.15, 0.2) is 0 Å². The molecule has 0 N–H and O–H groups in total. The van der Waals surface area contributed by atoms with Crippen molar-refractivity contribution in [1.29, 1.82) is 0 Å². The van der Waals surface area contributed by atoms with E-state index in [0.717, 1.165) is 12.1 Å². The van der Waals surface area contributed by atoms with Crippen LogP contribution in [0.2, 0.25) is 5.15 Å². The number of hydrogen-bond acceptors (Lipinski definition) is 3. The third kappa shape index (κ3) is 4.52. The van der Waals surface area contributed by atoms with E-state index < -0.39 is 11.7 Å². The molecule has 7 heteroatoms. The van der Waals surface area contributed by atoms with Crippen LogP contribution in [0.15, 0.2) is 12.1 Å². The first-order valence-corrected chi connectivity index (χ1v) is 6.69. The summed E-state index contributed by atoms with van der Waals surface area (Å²) in [6.45, 7) is 5.09. The molecule has 0 aromatic carbocycles. The lowest BCUT2D eigenvalue weighted by molar-refractivity contribution is -0.137. The largest absolute Gasteiger partial charge is 0.416 e. The Morgan fingerprint density at radius 3 is 2.35 bits per heavy atom. The van der Waals surface area contributed by atoms with E-state index >= 15 is 0 Å². The van der Waals surface area contributed by atoms with Crippen molar-refractivity contribution in [2.75, 3.05) is 32.1 Å². The summed E-state index contributed by atoms with van der Waals surface area (Å²) in [5.74, 6) is 0.252. The molecule has 1 atom stereocenters. The van der Waals surface area contributed by atoms with E-state index in [9.17, 15) is 13.2 Å². The van der Waals surface area contributed by atoms with Gasteiger partial charge in [-0.15, -0.1) is 0 Å². The smallest absolute Gasteiger partial charge is 0.353 e. The van der Waals surface area contributed by atoms with E-state index in [4.69, 9.17) is 11.6 Å². The summed E-state index contributed by atoms with van der Waals surface area (Å²) >= 11 is 5.72. The van der Waals surface area contributed by atoms with Gasteiger partial charge in [-0.1, -0.05) is 11.6 Å². The van der Waals surface area contributed by atoms with Crippen LogP contribution in [0.5, 0.6) is 0 Å². The maximum absolute atomic E-state index is 12.8. The molecule has 0 fully saturated rings. The summed E-state index contributed by atoms with van der Waals surface area (Å²) in [5, 5.41) is -0.148. The van der Waals surface area contributed by atoms with Crippen LogP contribution in [0.4, 0.5) is 19.0 Å². The second-order valence-electron chi connectivity index (χ2n) is 4.93. The van der Waals surface area contributed by atoms with Gasteiger partial charge >= 0.3 is 6.18 Å². The molecular weight excluding hydrogens is 291 g/mol. The first kappa shape index (κ1) is 17.0. The minimum atomic E-state index is -4.43. The van der Waals surface area contributed by atoms with E-state index in [0.29, 0.717) is 13.1 Å². The van der Waals surface area contributed by atoms with Crippen LogP contribution in [-0.2, 0) is 6.18 Å². The number of alkyl halides is 3. The molecule has 0 aliphatic rings. The highest BCUT2D eigenvalue weighted by Crippen LogP contribution is 2.33. The van der Waals surface area contributed by atoms with Crippen LogP contribution in [0.25, 0.3) is 0 Å². The number of likely N-dealkylation sites (N-methyl/N-ethyl adjacent to an activating group) is 2. The number of rotatable bonds is 5. The molecule has 0 aliphatic carbocycles. The van der Waals surface area contributed by atoms with Crippen molar-refractivity contribution >= 4 is 17.4 Å². The highest BCUT2D eigenvalue weighted by Gasteiger charge is 2.32. The van der Waals surface area contributed by atoms with Gasteiger partial charge in [0.25, 0.3) is 0 Å². The van der Waals surface area contributed by atoms with Gasteiger partial charge in [0, 0.05) is 19.1 Å². The second-order valence-corrected chi connectivity index (χ2v) is 5.32. The lowest BCUT2D eigenvalue weighted by atomic mass is 10.2. The van der Waals surface area contributed by atoms with Crippen molar-refractivity contribution in [3.8, 4) is 0 Å². The Morgan fingerprint density at radius 2 is 1.90 bits per heavy atom. The van der Waals surface area contributed by atoms with Gasteiger partial charge in [-0.05, 0) is 40.1 Å². The predicted octanol–water partition coefficient (Wildman–Crippen LogP) is 3.53. The highest BCUT2D eigenvalue weighted by atomic mass is 35.5. The Bertz CT molecular complexity index is 449. The average Bonchev–Trinajstić information content (AvgIpc) is 2.26. The summed E-state index contributed by atoms with van der Waals surface area (Å²) in [7, 11) is 3.83. The molecule has 0 radical (unpaired) electrons. The molecule has 114 valence electrons. The lowest BCUT2D eigenvalue weighted by Gasteiger charge is -2.31. The molecule has 1 unspecified atom stereocenters. The second kappa shape index (κ2) is 6.63. The lowest BCUT2D eigenvalue weighted by Crippen LogP contribution is -2.40. The van der Waals surface area contributed by atoms with Crippen molar-refractivity contribution in [2.24, 2.45) is 0 Å². The molecule has 0 saturated heterocycles. The predicted molar refractivity (Wildman–Crippen MR) is 75.3 cm³/mol. The minimum Gasteiger partial charge on any atom is -0.353 e. The summed E-state index contributed by atoms with van der Waals surface area (Å²) in [5.41, 5.74) is -0.775. The number of anilines is 1. The molecule has 1 rings (SSSR count). The molecule has 0 aliphatic heterocycles. The fourth-order valence-corrected chi connectivity index (χ4v) is 2.32. The third-order valence-electron chi connectivity index (χ3n) is 2.90. The minimum absolute atomic E-state index is 0.0297. The summed E-state index contributed by atoms with van der Waals surface area (Å²) in [4.78, 5) is 7.80. The fourth-order valence-electron chi connectivity index (χ4n) is 2.12. The standard InChI is InChI=1S/C13H19ClF3N3/c1-5-20(9(2)8-19(3)4)12-7-10(13(15,16)17)6-11(14)18-12/h6-7,9H,5,8H2,1-4H3. The Hall–Kier alpha value is -1.01. The first-order chi connectivity index (χ1) is 9.15. The normalized spacial score (nSPS) is 13.7. The van der Waals surface area contributed by atoms with Crippen LogP contribution in [0.1, 0.15) is 19.4 Å². The van der Waals surface area contributed by atoms with Crippen LogP contribution in [0.3, 0.4) is 0 Å². The monoisotopic (exact) mass is 309 g/mol. The van der Waals surface area contributed by atoms with Crippen molar-refractivity contribution < 1.29 is 13.2 Å². The number of aromatic nitrogens is 1. The highest BCUT2D eigenvalue weighted by molar-refractivity contribution is 6.29. The molecule has 0 bridgehead atoms. The zero-order chi connectivity index (χ0) is 15.5. The van der Waals surface area contributed by atoms with E-state index in [1.54, 1.807) is 4.90 Å². The number of halogens is 4. The molecule has 0 spiro atoms. The first-order valence-electron chi connectivity index (χ1n) is 6.31. The van der Waals surface area contributed by atoms with E-state index in [1.165, 1.54) is 0 Å². The Balaban J connectivity index is 3.12. The maximum atomic E-state index is 12.8. The topological polar surface area (TPSA) is 19.4 Å². The number of pyridine rings is 1. The van der Waals surface area contributed by atoms with E-state index in [2.05, 4.69) is 4.98 Å². The Kier molecular flexibility index (Phi) is 5.65. The SMILES string of the molecule is CCN(c1cc(C(F)(F)F)cc(Cl)n1)C(C)CN(C)C. The van der Waals surface area contributed by atoms with Crippen molar-refractivity contribution in [3.05, 3.63) is 22.8 Å². The van der Waals surface area contributed by atoms with Gasteiger partial charge in [0.05, 0.1) is 5.56 Å². The van der Waals surface area contributed by atoms with Gasteiger partial charge in [0.2, 0.25) is 0 Å². The van der Waals surface area contributed by atoms with E-state index in [1.807, 2.05) is 32.8 Å². The quantitative estimate of drug-likeness (QED) is 0.776. The van der Waals surface area contributed by atoms with E-state index in [-0.39, 0.29) is 17.0 Å². The van der Waals surface area contributed by atoms with Gasteiger partial charge in [0.1, 0.15) is 11.0 Å². The summed E-state index contributed by atoms with van der Waals surface area (Å²) in [6.07, 6.45) is -4.43. The molecule has 1 aromatic rings.